The van der Waals surface area contributed by atoms with Crippen molar-refractivity contribution in [3.8, 4) is 11.3 Å². The lowest BCUT2D eigenvalue weighted by molar-refractivity contribution is -0.117. The molecule has 1 aliphatic carbocycles. The molecular weight excluding hydrogens is 260 g/mol. The summed E-state index contributed by atoms with van der Waals surface area (Å²) in [4.78, 5) is 16.5. The van der Waals surface area contributed by atoms with Crippen LogP contribution in [0.5, 0.6) is 0 Å². The van der Waals surface area contributed by atoms with E-state index in [0.29, 0.717) is 5.92 Å². The highest BCUT2D eigenvalue weighted by Crippen LogP contribution is 2.41. The molecule has 1 aliphatic rings. The minimum Gasteiger partial charge on any atom is -0.326 e. The molecule has 2 atom stereocenters. The van der Waals surface area contributed by atoms with E-state index in [1.54, 1.807) is 6.20 Å². The van der Waals surface area contributed by atoms with Gasteiger partial charge in [0.1, 0.15) is 0 Å². The van der Waals surface area contributed by atoms with E-state index < -0.39 is 0 Å². The molecule has 0 aliphatic heterocycles. The molecule has 0 spiro atoms. The number of nitrogens with zero attached hydrogens (tertiary/aromatic N) is 1. The Morgan fingerprint density at radius 2 is 2.19 bits per heavy atom. The van der Waals surface area contributed by atoms with Gasteiger partial charge in [-0.05, 0) is 49.1 Å². The fourth-order valence-corrected chi connectivity index (χ4v) is 2.75. The van der Waals surface area contributed by atoms with Crippen molar-refractivity contribution < 1.29 is 4.79 Å². The van der Waals surface area contributed by atoms with Gasteiger partial charge in [0.15, 0.2) is 0 Å². The second-order valence-electron chi connectivity index (χ2n) is 5.74. The fraction of sp³-hybridized carbons (Fsp3) is 0.333. The van der Waals surface area contributed by atoms with Crippen molar-refractivity contribution in [1.82, 2.24) is 4.98 Å². The van der Waals surface area contributed by atoms with Gasteiger partial charge in [-0.2, -0.15) is 0 Å². The van der Waals surface area contributed by atoms with Crippen LogP contribution in [-0.2, 0) is 4.79 Å². The molecule has 0 radical (unpaired) electrons. The molecule has 3 rings (SSSR count). The lowest BCUT2D eigenvalue weighted by atomic mass is 10.0. The highest BCUT2D eigenvalue weighted by atomic mass is 16.2. The first-order valence-electron chi connectivity index (χ1n) is 7.52. The minimum atomic E-state index is 0.151. The van der Waals surface area contributed by atoms with Gasteiger partial charge in [-0.25, -0.2) is 0 Å². The van der Waals surface area contributed by atoms with Crippen molar-refractivity contribution in [1.29, 1.82) is 0 Å². The maximum Gasteiger partial charge on any atom is 0.227 e. The lowest BCUT2D eigenvalue weighted by Gasteiger charge is -2.10. The third kappa shape index (κ3) is 2.97. The number of hydrogen-bond donors (Lipinski definition) is 1. The summed E-state index contributed by atoms with van der Waals surface area (Å²) >= 11 is 0. The van der Waals surface area contributed by atoms with Gasteiger partial charge in [0, 0.05) is 23.4 Å². The molecule has 21 heavy (non-hydrogen) atoms. The van der Waals surface area contributed by atoms with Crippen LogP contribution in [0, 0.1) is 18.8 Å². The predicted octanol–water partition coefficient (Wildman–Crippen LogP) is 4.04. The van der Waals surface area contributed by atoms with Crippen molar-refractivity contribution in [2.45, 2.75) is 26.7 Å². The van der Waals surface area contributed by atoms with Crippen LogP contribution in [0.1, 0.15) is 25.3 Å². The van der Waals surface area contributed by atoms with Gasteiger partial charge in [0.05, 0.1) is 5.69 Å². The highest BCUT2D eigenvalue weighted by molar-refractivity contribution is 5.95. The number of rotatable bonds is 4. The number of amides is 1. The Hall–Kier alpha value is -2.16. The van der Waals surface area contributed by atoms with Crippen LogP contribution in [0.25, 0.3) is 11.3 Å². The molecule has 1 amide bonds. The maximum atomic E-state index is 12.2. The van der Waals surface area contributed by atoms with Crippen LogP contribution in [0.3, 0.4) is 0 Å². The smallest absolute Gasteiger partial charge is 0.227 e. The highest BCUT2D eigenvalue weighted by Gasteiger charge is 2.41. The molecule has 1 N–H and O–H groups in total. The summed E-state index contributed by atoms with van der Waals surface area (Å²) in [5, 5.41) is 3.04. The Labute approximate surface area is 125 Å². The number of carbonyl (C=O) groups is 1. The Kier molecular flexibility index (Phi) is 3.74. The average molecular weight is 280 g/mol. The van der Waals surface area contributed by atoms with E-state index in [1.807, 2.05) is 36.4 Å². The summed E-state index contributed by atoms with van der Waals surface area (Å²) in [6.07, 6.45) is 3.91. The second-order valence-corrected chi connectivity index (χ2v) is 5.74. The van der Waals surface area contributed by atoms with E-state index in [9.17, 15) is 4.79 Å². The summed E-state index contributed by atoms with van der Waals surface area (Å²) in [6, 6.07) is 11.9. The molecule has 2 aromatic rings. The zero-order valence-corrected chi connectivity index (χ0v) is 12.5. The van der Waals surface area contributed by atoms with Crippen molar-refractivity contribution in [2.24, 2.45) is 11.8 Å². The van der Waals surface area contributed by atoms with Crippen LogP contribution in [0.4, 0.5) is 5.69 Å². The minimum absolute atomic E-state index is 0.151. The standard InChI is InChI=1S/C18H20N2O/c1-3-13-10-16(13)18(21)20-14-8-7-12(2)15(11-14)17-6-4-5-9-19-17/h4-9,11,13,16H,3,10H2,1-2H3,(H,20,21)/t13-,16-/m1/s1. The van der Waals surface area contributed by atoms with Crippen LogP contribution in [0.2, 0.25) is 0 Å². The molecule has 0 unspecified atom stereocenters. The van der Waals surface area contributed by atoms with E-state index in [2.05, 4.69) is 24.1 Å². The number of carbonyl (C=O) groups excluding carboxylic acids is 1. The summed E-state index contributed by atoms with van der Waals surface area (Å²) in [5.41, 5.74) is 4.01. The molecule has 0 bridgehead atoms. The summed E-state index contributed by atoms with van der Waals surface area (Å²) in [7, 11) is 0. The van der Waals surface area contributed by atoms with Gasteiger partial charge >= 0.3 is 0 Å². The van der Waals surface area contributed by atoms with Crippen molar-refractivity contribution in [3.05, 3.63) is 48.2 Å². The molecule has 3 nitrogen and oxygen atoms in total. The average Bonchev–Trinajstić information content (AvgIpc) is 3.30. The van der Waals surface area contributed by atoms with Crippen molar-refractivity contribution >= 4 is 11.6 Å². The zero-order valence-electron chi connectivity index (χ0n) is 12.5. The van der Waals surface area contributed by atoms with Gasteiger partial charge < -0.3 is 5.32 Å². The maximum absolute atomic E-state index is 12.2. The van der Waals surface area contributed by atoms with Gasteiger partial charge in [-0.1, -0.05) is 25.5 Å². The van der Waals surface area contributed by atoms with Crippen LogP contribution >= 0.6 is 0 Å². The normalized spacial score (nSPS) is 20.1. The number of aryl methyl sites for hydroxylation is 1. The quantitative estimate of drug-likeness (QED) is 0.918. The largest absolute Gasteiger partial charge is 0.326 e. The number of anilines is 1. The molecule has 0 saturated heterocycles. The SMILES string of the molecule is CC[C@@H]1C[C@H]1C(=O)Nc1ccc(C)c(-c2ccccn2)c1. The first kappa shape index (κ1) is 13.8. The van der Waals surface area contributed by atoms with E-state index in [4.69, 9.17) is 0 Å². The second kappa shape index (κ2) is 5.68. The first-order chi connectivity index (χ1) is 10.2. The zero-order chi connectivity index (χ0) is 14.8. The summed E-state index contributed by atoms with van der Waals surface area (Å²) < 4.78 is 0. The summed E-state index contributed by atoms with van der Waals surface area (Å²) in [5.74, 6) is 0.929. The molecule has 1 aromatic heterocycles. The molecule has 1 aromatic carbocycles. The number of hydrogen-bond acceptors (Lipinski definition) is 2. The lowest BCUT2D eigenvalue weighted by Crippen LogP contribution is -2.14. The predicted molar refractivity (Wildman–Crippen MR) is 84.9 cm³/mol. The number of nitrogens with one attached hydrogen (secondary N) is 1. The molecule has 1 fully saturated rings. The van der Waals surface area contributed by atoms with Gasteiger partial charge in [-0.15, -0.1) is 0 Å². The van der Waals surface area contributed by atoms with Crippen LogP contribution in [0.15, 0.2) is 42.6 Å². The Morgan fingerprint density at radius 3 is 2.86 bits per heavy atom. The fourth-order valence-electron chi connectivity index (χ4n) is 2.75. The molecular formula is C18H20N2O. The number of aromatic nitrogens is 1. The van der Waals surface area contributed by atoms with Crippen molar-refractivity contribution in [2.75, 3.05) is 5.32 Å². The van der Waals surface area contributed by atoms with Gasteiger partial charge in [0.25, 0.3) is 0 Å². The third-order valence-corrected chi connectivity index (χ3v) is 4.23. The Balaban J connectivity index is 1.80. The van der Waals surface area contributed by atoms with Crippen LogP contribution in [-0.4, -0.2) is 10.9 Å². The van der Waals surface area contributed by atoms with E-state index >= 15 is 0 Å². The molecule has 108 valence electrons. The number of pyridine rings is 1. The van der Waals surface area contributed by atoms with E-state index in [-0.39, 0.29) is 11.8 Å². The van der Waals surface area contributed by atoms with E-state index in [0.717, 1.165) is 35.3 Å². The Morgan fingerprint density at radius 1 is 1.33 bits per heavy atom. The molecule has 3 heteroatoms. The van der Waals surface area contributed by atoms with Gasteiger partial charge in [-0.3, -0.25) is 9.78 Å². The molecule has 1 heterocycles. The summed E-state index contributed by atoms with van der Waals surface area (Å²) in [6.45, 7) is 4.20. The third-order valence-electron chi connectivity index (χ3n) is 4.23. The monoisotopic (exact) mass is 280 g/mol. The first-order valence-corrected chi connectivity index (χ1v) is 7.52. The number of benzene rings is 1. The van der Waals surface area contributed by atoms with Crippen molar-refractivity contribution in [3.63, 3.8) is 0 Å². The van der Waals surface area contributed by atoms with E-state index in [1.165, 1.54) is 0 Å². The van der Waals surface area contributed by atoms with Crippen LogP contribution < -0.4 is 5.32 Å². The van der Waals surface area contributed by atoms with Gasteiger partial charge in [0.2, 0.25) is 5.91 Å². The topological polar surface area (TPSA) is 42.0 Å². The molecule has 1 saturated carbocycles. The Bertz CT molecular complexity index is 652.